The molecule has 1 fully saturated rings. The van der Waals surface area contributed by atoms with Crippen molar-refractivity contribution in [3.8, 4) is 0 Å². The van der Waals surface area contributed by atoms with Gasteiger partial charge in [0.1, 0.15) is 0 Å². The van der Waals surface area contributed by atoms with Crippen molar-refractivity contribution in [3.05, 3.63) is 12.2 Å². The molecule has 0 heterocycles. The van der Waals surface area contributed by atoms with E-state index in [0.29, 0.717) is 6.04 Å². The third-order valence-corrected chi connectivity index (χ3v) is 4.53. The summed E-state index contributed by atoms with van der Waals surface area (Å²) >= 11 is 0. The quantitative estimate of drug-likeness (QED) is 0.694. The average molecular weight is 253 g/mol. The summed E-state index contributed by atoms with van der Waals surface area (Å²) in [5.74, 6) is 0.852. The monoisotopic (exact) mass is 253 g/mol. The summed E-state index contributed by atoms with van der Waals surface area (Å²) in [5.41, 5.74) is 1.36. The molecule has 0 aliphatic heterocycles. The average Bonchev–Trinajstić information content (AvgIpc) is 2.39. The fraction of sp³-hybridized carbons (Fsp3) is 0.875. The predicted octanol–water partition coefficient (Wildman–Crippen LogP) is 3.92. The van der Waals surface area contributed by atoms with Gasteiger partial charge in [0.15, 0.2) is 0 Å². The van der Waals surface area contributed by atoms with Crippen LogP contribution < -0.4 is 5.32 Å². The molecule has 0 spiro atoms. The van der Waals surface area contributed by atoms with Crippen LogP contribution in [0.4, 0.5) is 0 Å². The lowest BCUT2D eigenvalue weighted by Gasteiger charge is -2.45. The van der Waals surface area contributed by atoms with Gasteiger partial charge in [-0.15, -0.1) is 0 Å². The van der Waals surface area contributed by atoms with Gasteiger partial charge in [-0.05, 0) is 58.4 Å². The lowest BCUT2D eigenvalue weighted by Crippen LogP contribution is -2.53. The Morgan fingerprint density at radius 3 is 2.44 bits per heavy atom. The minimum absolute atomic E-state index is 0.0358. The van der Waals surface area contributed by atoms with E-state index in [1.807, 2.05) is 0 Å². The molecule has 1 atom stereocenters. The zero-order valence-electron chi connectivity index (χ0n) is 12.7. The summed E-state index contributed by atoms with van der Waals surface area (Å²) in [6.45, 7) is 11.6. The zero-order chi connectivity index (χ0) is 13.6. The molecule has 2 nitrogen and oxygen atoms in total. The number of ether oxygens (including phenoxy) is 1. The number of nitrogens with one attached hydrogen (secondary N) is 1. The van der Waals surface area contributed by atoms with Crippen molar-refractivity contribution >= 4 is 0 Å². The Bertz CT molecular complexity index is 254. The zero-order valence-corrected chi connectivity index (χ0v) is 12.7. The maximum absolute atomic E-state index is 6.21. The van der Waals surface area contributed by atoms with Gasteiger partial charge in [0.25, 0.3) is 0 Å². The minimum atomic E-state index is 0.0358. The number of hydrogen-bond acceptors (Lipinski definition) is 2. The van der Waals surface area contributed by atoms with Gasteiger partial charge in [-0.3, -0.25) is 0 Å². The Balaban J connectivity index is 2.76. The lowest BCUT2D eigenvalue weighted by molar-refractivity contribution is -0.0947. The van der Waals surface area contributed by atoms with Gasteiger partial charge in [-0.2, -0.15) is 0 Å². The highest BCUT2D eigenvalue weighted by Gasteiger charge is 2.41. The molecule has 1 N–H and O–H groups in total. The second-order valence-corrected chi connectivity index (χ2v) is 5.83. The van der Waals surface area contributed by atoms with E-state index >= 15 is 0 Å². The molecular weight excluding hydrogens is 222 g/mol. The van der Waals surface area contributed by atoms with Gasteiger partial charge in [0.05, 0.1) is 5.60 Å². The van der Waals surface area contributed by atoms with Crippen molar-refractivity contribution in [1.29, 1.82) is 0 Å². The maximum Gasteiger partial charge on any atom is 0.0837 e. The molecule has 0 amide bonds. The van der Waals surface area contributed by atoms with Crippen molar-refractivity contribution in [2.45, 2.75) is 70.9 Å². The van der Waals surface area contributed by atoms with Crippen LogP contribution in [0.3, 0.4) is 0 Å². The van der Waals surface area contributed by atoms with Gasteiger partial charge in [0.2, 0.25) is 0 Å². The van der Waals surface area contributed by atoms with Crippen LogP contribution in [0.15, 0.2) is 12.2 Å². The van der Waals surface area contributed by atoms with Crippen LogP contribution in [0, 0.1) is 5.92 Å². The highest BCUT2D eigenvalue weighted by Crippen LogP contribution is 2.39. The first-order valence-corrected chi connectivity index (χ1v) is 7.55. The smallest absolute Gasteiger partial charge is 0.0837 e. The molecule has 0 aromatic carbocycles. The standard InChI is InChI=1S/C16H31NO/c1-6-13(3)12-15(17-5)16(18-7-2)10-8-14(4)9-11-16/h14-15,17H,3,6-12H2,1-2,4-5H3. The summed E-state index contributed by atoms with van der Waals surface area (Å²) in [5, 5.41) is 3.49. The van der Waals surface area contributed by atoms with E-state index < -0.39 is 0 Å². The highest BCUT2D eigenvalue weighted by atomic mass is 16.5. The maximum atomic E-state index is 6.21. The Morgan fingerprint density at radius 1 is 1.39 bits per heavy atom. The predicted molar refractivity (Wildman–Crippen MR) is 78.9 cm³/mol. The molecule has 1 saturated carbocycles. The van der Waals surface area contributed by atoms with E-state index in [4.69, 9.17) is 4.74 Å². The Hall–Kier alpha value is -0.340. The summed E-state index contributed by atoms with van der Waals surface area (Å²) < 4.78 is 6.21. The largest absolute Gasteiger partial charge is 0.374 e. The molecule has 1 rings (SSSR count). The van der Waals surface area contributed by atoms with Gasteiger partial charge in [-0.1, -0.05) is 26.0 Å². The van der Waals surface area contributed by atoms with Crippen LogP contribution in [0.25, 0.3) is 0 Å². The fourth-order valence-electron chi connectivity index (χ4n) is 3.12. The second kappa shape index (κ2) is 7.30. The van der Waals surface area contributed by atoms with E-state index in [9.17, 15) is 0 Å². The Morgan fingerprint density at radius 2 is 2.00 bits per heavy atom. The van der Waals surface area contributed by atoms with Crippen molar-refractivity contribution in [2.75, 3.05) is 13.7 Å². The van der Waals surface area contributed by atoms with E-state index in [0.717, 1.165) is 25.4 Å². The number of hydrogen-bond donors (Lipinski definition) is 1. The molecule has 0 saturated heterocycles. The number of rotatable bonds is 7. The number of likely N-dealkylation sites (N-methyl/N-ethyl adjacent to an activating group) is 1. The van der Waals surface area contributed by atoms with Gasteiger partial charge < -0.3 is 10.1 Å². The first-order valence-electron chi connectivity index (χ1n) is 7.55. The third kappa shape index (κ3) is 3.83. The van der Waals surface area contributed by atoms with Crippen LogP contribution in [-0.4, -0.2) is 25.3 Å². The molecule has 1 unspecified atom stereocenters. The molecule has 0 aromatic heterocycles. The van der Waals surface area contributed by atoms with E-state index in [1.165, 1.54) is 31.3 Å². The summed E-state index contributed by atoms with van der Waals surface area (Å²) in [6.07, 6.45) is 7.06. The molecule has 1 aliphatic rings. The van der Waals surface area contributed by atoms with E-state index in [2.05, 4.69) is 39.7 Å². The first kappa shape index (κ1) is 15.7. The fourth-order valence-corrected chi connectivity index (χ4v) is 3.12. The van der Waals surface area contributed by atoms with Gasteiger partial charge >= 0.3 is 0 Å². The minimum Gasteiger partial charge on any atom is -0.374 e. The first-order chi connectivity index (χ1) is 8.57. The van der Waals surface area contributed by atoms with Crippen molar-refractivity contribution in [1.82, 2.24) is 5.32 Å². The van der Waals surface area contributed by atoms with Crippen molar-refractivity contribution in [2.24, 2.45) is 5.92 Å². The highest BCUT2D eigenvalue weighted by molar-refractivity contribution is 5.05. The van der Waals surface area contributed by atoms with Gasteiger partial charge in [0, 0.05) is 12.6 Å². The molecule has 0 aromatic rings. The van der Waals surface area contributed by atoms with Crippen LogP contribution >= 0.6 is 0 Å². The van der Waals surface area contributed by atoms with Crippen LogP contribution in [0.2, 0.25) is 0 Å². The summed E-state index contributed by atoms with van der Waals surface area (Å²) in [6, 6.07) is 0.414. The Labute approximate surface area is 113 Å². The van der Waals surface area contributed by atoms with Crippen LogP contribution in [-0.2, 0) is 4.74 Å². The molecule has 1 aliphatic carbocycles. The molecule has 18 heavy (non-hydrogen) atoms. The normalized spacial score (nSPS) is 30.1. The molecule has 106 valence electrons. The molecule has 0 bridgehead atoms. The van der Waals surface area contributed by atoms with Crippen LogP contribution in [0.5, 0.6) is 0 Å². The van der Waals surface area contributed by atoms with Crippen LogP contribution in [0.1, 0.15) is 59.3 Å². The molecular formula is C16H31NO. The van der Waals surface area contributed by atoms with E-state index in [1.54, 1.807) is 0 Å². The van der Waals surface area contributed by atoms with Crippen molar-refractivity contribution in [3.63, 3.8) is 0 Å². The topological polar surface area (TPSA) is 21.3 Å². The lowest BCUT2D eigenvalue weighted by atomic mass is 9.73. The third-order valence-electron chi connectivity index (χ3n) is 4.53. The molecule has 0 radical (unpaired) electrons. The SMILES string of the molecule is C=C(CC)CC(NC)C1(OCC)CCC(C)CC1. The van der Waals surface area contributed by atoms with Gasteiger partial charge in [-0.25, -0.2) is 0 Å². The molecule has 2 heteroatoms. The summed E-state index contributed by atoms with van der Waals surface area (Å²) in [4.78, 5) is 0. The summed E-state index contributed by atoms with van der Waals surface area (Å²) in [7, 11) is 2.06. The Kier molecular flexibility index (Phi) is 6.37. The second-order valence-electron chi connectivity index (χ2n) is 5.83. The van der Waals surface area contributed by atoms with E-state index in [-0.39, 0.29) is 5.60 Å². The van der Waals surface area contributed by atoms with Crippen molar-refractivity contribution < 1.29 is 4.74 Å².